The number of aryl methyl sites for hydroxylation is 1. The average molecular weight is 320 g/mol. The highest BCUT2D eigenvalue weighted by molar-refractivity contribution is 8.42. The van der Waals surface area contributed by atoms with Crippen LogP contribution in [0.5, 0.6) is 0 Å². The van der Waals surface area contributed by atoms with Crippen LogP contribution in [0.1, 0.15) is 12.0 Å². The first-order valence-corrected chi connectivity index (χ1v) is 10.9. The van der Waals surface area contributed by atoms with Crippen molar-refractivity contribution in [3.63, 3.8) is 0 Å². The van der Waals surface area contributed by atoms with Crippen LogP contribution in [0.15, 0.2) is 30.3 Å². The topological polar surface area (TPSA) is 20.3 Å². The quantitative estimate of drug-likeness (QED) is 0.461. The van der Waals surface area contributed by atoms with Gasteiger partial charge in [-0.1, -0.05) is 48.2 Å². The van der Waals surface area contributed by atoms with Gasteiger partial charge in [-0.3, -0.25) is 4.79 Å². The molecular formula is C12H17ClNOP3. The SMILES string of the molecule is O=C1C(CCl)C(CCc2ccccc2)N1P(P)P. The summed E-state index contributed by atoms with van der Waals surface area (Å²) in [5.74, 6) is 0.661. The molecule has 0 radical (unpaired) electrons. The third kappa shape index (κ3) is 3.05. The lowest BCUT2D eigenvalue weighted by atomic mass is 9.87. The summed E-state index contributed by atoms with van der Waals surface area (Å²) in [5.41, 5.74) is 1.32. The molecule has 6 heteroatoms. The van der Waals surface area contributed by atoms with Gasteiger partial charge in [-0.2, -0.15) is 0 Å². The van der Waals surface area contributed by atoms with E-state index in [4.69, 9.17) is 11.6 Å². The Labute approximate surface area is 119 Å². The van der Waals surface area contributed by atoms with Gasteiger partial charge in [-0.15, -0.1) is 11.6 Å². The van der Waals surface area contributed by atoms with Crippen LogP contribution in [0.3, 0.4) is 0 Å². The summed E-state index contributed by atoms with van der Waals surface area (Å²) in [7, 11) is 4.94. The largest absolute Gasteiger partial charge is 0.311 e. The van der Waals surface area contributed by atoms with E-state index in [9.17, 15) is 4.79 Å². The van der Waals surface area contributed by atoms with Gasteiger partial charge in [0.05, 0.1) is 5.92 Å². The van der Waals surface area contributed by atoms with Crippen molar-refractivity contribution in [3.05, 3.63) is 35.9 Å². The van der Waals surface area contributed by atoms with E-state index in [1.807, 2.05) is 10.7 Å². The maximum atomic E-state index is 11.9. The van der Waals surface area contributed by atoms with Gasteiger partial charge in [0.2, 0.25) is 5.91 Å². The normalized spacial score (nSPS) is 23.3. The van der Waals surface area contributed by atoms with E-state index in [1.165, 1.54) is 5.56 Å². The highest BCUT2D eigenvalue weighted by Crippen LogP contribution is 2.61. The number of benzene rings is 1. The number of amides is 1. The fraction of sp³-hybridized carbons (Fsp3) is 0.417. The Hall–Kier alpha value is 0.270. The maximum Gasteiger partial charge on any atom is 0.232 e. The highest BCUT2D eigenvalue weighted by Gasteiger charge is 2.47. The Morgan fingerprint density at radius 1 is 1.28 bits per heavy atom. The predicted molar refractivity (Wildman–Crippen MR) is 85.9 cm³/mol. The van der Waals surface area contributed by atoms with Crippen molar-refractivity contribution in [1.82, 2.24) is 4.67 Å². The van der Waals surface area contributed by atoms with Crippen molar-refractivity contribution >= 4 is 42.8 Å². The first-order chi connectivity index (χ1) is 8.65. The third-order valence-corrected chi connectivity index (χ3v) is 6.12. The summed E-state index contributed by atoms with van der Waals surface area (Å²) >= 11 is 5.89. The van der Waals surface area contributed by atoms with Gasteiger partial charge in [0.15, 0.2) is 0 Å². The Balaban J connectivity index is 1.96. The van der Waals surface area contributed by atoms with Gasteiger partial charge in [0, 0.05) is 19.4 Å². The Bertz CT molecular complexity index is 415. The molecule has 1 saturated heterocycles. The van der Waals surface area contributed by atoms with Crippen LogP contribution in [0, 0.1) is 5.92 Å². The number of halogens is 1. The van der Waals surface area contributed by atoms with Crippen LogP contribution in [-0.4, -0.2) is 22.5 Å². The van der Waals surface area contributed by atoms with E-state index in [-0.39, 0.29) is 11.8 Å². The maximum absolute atomic E-state index is 11.9. The van der Waals surface area contributed by atoms with Gasteiger partial charge in [-0.25, -0.2) is 0 Å². The summed E-state index contributed by atoms with van der Waals surface area (Å²) in [6.07, 6.45) is 2.00. The van der Waals surface area contributed by atoms with Gasteiger partial charge in [0.1, 0.15) is 0 Å². The summed E-state index contributed by atoms with van der Waals surface area (Å²) in [4.78, 5) is 11.9. The third-order valence-electron chi connectivity index (χ3n) is 3.31. The Morgan fingerprint density at radius 2 is 1.94 bits per heavy atom. The van der Waals surface area contributed by atoms with Crippen molar-refractivity contribution in [1.29, 1.82) is 0 Å². The minimum Gasteiger partial charge on any atom is -0.311 e. The molecule has 1 fully saturated rings. The molecule has 2 rings (SSSR count). The number of hydrogen-bond acceptors (Lipinski definition) is 1. The lowest BCUT2D eigenvalue weighted by molar-refractivity contribution is -0.144. The molecule has 2 nitrogen and oxygen atoms in total. The molecule has 1 aliphatic heterocycles. The Kier molecular flexibility index (Phi) is 5.40. The molecule has 4 unspecified atom stereocenters. The molecule has 1 aliphatic rings. The minimum atomic E-state index is -0.508. The second kappa shape index (κ2) is 6.62. The molecule has 0 saturated carbocycles. The van der Waals surface area contributed by atoms with Crippen LogP contribution in [-0.2, 0) is 11.2 Å². The molecule has 1 aromatic carbocycles. The first-order valence-electron chi connectivity index (χ1n) is 5.87. The molecule has 0 N–H and O–H groups in total. The van der Waals surface area contributed by atoms with Gasteiger partial charge in [0.25, 0.3) is 0 Å². The molecule has 0 spiro atoms. The van der Waals surface area contributed by atoms with E-state index in [2.05, 4.69) is 42.1 Å². The number of alkyl halides is 1. The zero-order chi connectivity index (χ0) is 13.1. The zero-order valence-electron chi connectivity index (χ0n) is 10.00. The lowest BCUT2D eigenvalue weighted by Gasteiger charge is -2.48. The van der Waals surface area contributed by atoms with Crippen LogP contribution >= 0.6 is 36.9 Å². The molecule has 1 aromatic rings. The van der Waals surface area contributed by atoms with E-state index in [0.29, 0.717) is 11.9 Å². The lowest BCUT2D eigenvalue weighted by Crippen LogP contribution is -2.57. The first kappa shape index (κ1) is 14.7. The molecule has 18 heavy (non-hydrogen) atoms. The van der Waals surface area contributed by atoms with E-state index >= 15 is 0 Å². The summed E-state index contributed by atoms with van der Waals surface area (Å²) in [5, 5.41) is 0. The van der Waals surface area contributed by atoms with Crippen LogP contribution in [0.4, 0.5) is 0 Å². The predicted octanol–water partition coefficient (Wildman–Crippen LogP) is 3.66. The number of rotatable bonds is 5. The monoisotopic (exact) mass is 319 g/mol. The fourth-order valence-electron chi connectivity index (χ4n) is 2.32. The summed E-state index contributed by atoms with van der Waals surface area (Å²) in [6, 6.07) is 10.7. The number of nitrogens with zero attached hydrogens (tertiary/aromatic N) is 1. The fourth-order valence-corrected chi connectivity index (χ4v) is 5.37. The van der Waals surface area contributed by atoms with E-state index in [0.717, 1.165) is 12.8 Å². The van der Waals surface area contributed by atoms with Crippen molar-refractivity contribution in [3.8, 4) is 0 Å². The molecule has 98 valence electrons. The minimum absolute atomic E-state index is 0.0153. The van der Waals surface area contributed by atoms with Gasteiger partial charge < -0.3 is 4.67 Å². The summed E-state index contributed by atoms with van der Waals surface area (Å²) in [6.45, 7) is 0. The molecule has 0 bridgehead atoms. The Morgan fingerprint density at radius 3 is 2.50 bits per heavy atom. The molecule has 1 heterocycles. The number of carbonyl (C=O) groups excluding carboxylic acids is 1. The number of hydrogen-bond donors (Lipinski definition) is 0. The molecule has 0 aromatic heterocycles. The smallest absolute Gasteiger partial charge is 0.232 e. The second-order valence-electron chi connectivity index (χ2n) is 4.42. The number of β-lactam (4-membered cyclic amide) rings is 1. The molecule has 4 atom stereocenters. The van der Waals surface area contributed by atoms with Crippen molar-refractivity contribution in [2.75, 3.05) is 5.88 Å². The van der Waals surface area contributed by atoms with E-state index in [1.54, 1.807) is 0 Å². The van der Waals surface area contributed by atoms with Gasteiger partial charge in [-0.05, 0) is 18.4 Å². The molecule has 1 amide bonds. The molecule has 0 aliphatic carbocycles. The molecular weight excluding hydrogens is 303 g/mol. The van der Waals surface area contributed by atoms with Gasteiger partial charge >= 0.3 is 0 Å². The second-order valence-corrected chi connectivity index (χ2v) is 10.9. The number of carbonyl (C=O) groups is 1. The van der Waals surface area contributed by atoms with E-state index < -0.39 is 7.45 Å². The van der Waals surface area contributed by atoms with Crippen molar-refractivity contribution < 1.29 is 4.79 Å². The summed E-state index contributed by atoms with van der Waals surface area (Å²) < 4.78 is 1.97. The zero-order valence-corrected chi connectivity index (χ0v) is 14.0. The van der Waals surface area contributed by atoms with Crippen molar-refractivity contribution in [2.45, 2.75) is 18.9 Å². The van der Waals surface area contributed by atoms with Crippen LogP contribution in [0.2, 0.25) is 0 Å². The average Bonchev–Trinajstić information content (AvgIpc) is 2.35. The van der Waals surface area contributed by atoms with Crippen molar-refractivity contribution in [2.24, 2.45) is 5.92 Å². The standard InChI is InChI=1S/C12H17ClNOP3/c13-8-10-11(14(12(10)15)18(16)17)7-6-9-4-2-1-3-5-9/h1-5,10-11H,6-8,16-17H2. The highest BCUT2D eigenvalue weighted by atomic mass is 35.5. The van der Waals surface area contributed by atoms with Crippen LogP contribution < -0.4 is 0 Å². The van der Waals surface area contributed by atoms with Crippen LogP contribution in [0.25, 0.3) is 0 Å².